The van der Waals surface area contributed by atoms with E-state index in [-0.39, 0.29) is 18.4 Å². The van der Waals surface area contributed by atoms with Gasteiger partial charge in [0.1, 0.15) is 5.75 Å². The van der Waals surface area contributed by atoms with Crippen LogP contribution in [0, 0.1) is 0 Å². The van der Waals surface area contributed by atoms with E-state index in [0.29, 0.717) is 11.3 Å². The Morgan fingerprint density at radius 1 is 0.862 bits per heavy atom. The fourth-order valence-electron chi connectivity index (χ4n) is 2.76. The van der Waals surface area contributed by atoms with Crippen molar-refractivity contribution in [1.29, 1.82) is 0 Å². The smallest absolute Gasteiger partial charge is 0.258 e. The zero-order valence-electron chi connectivity index (χ0n) is 16.4. The summed E-state index contributed by atoms with van der Waals surface area (Å²) in [7, 11) is 3.34. The molecule has 0 aromatic heterocycles. The number of carbonyl (C=O) groups excluding carboxylic acids is 2. The summed E-state index contributed by atoms with van der Waals surface area (Å²) in [6, 6.07) is 23.6. The lowest BCUT2D eigenvalue weighted by Gasteiger charge is -2.17. The number of ether oxygens (including phenoxy) is 1. The molecule has 0 saturated heterocycles. The van der Waals surface area contributed by atoms with E-state index >= 15 is 0 Å². The van der Waals surface area contributed by atoms with Crippen molar-refractivity contribution in [2.45, 2.75) is 0 Å². The monoisotopic (exact) mass is 389 g/mol. The van der Waals surface area contributed by atoms with Crippen molar-refractivity contribution in [3.63, 3.8) is 0 Å². The van der Waals surface area contributed by atoms with Crippen LogP contribution in [0.4, 0.5) is 17.1 Å². The number of benzene rings is 3. The fourth-order valence-corrected chi connectivity index (χ4v) is 2.76. The summed E-state index contributed by atoms with van der Waals surface area (Å²) in [4.78, 5) is 26.3. The second-order valence-corrected chi connectivity index (χ2v) is 6.41. The van der Waals surface area contributed by atoms with Gasteiger partial charge >= 0.3 is 0 Å². The highest BCUT2D eigenvalue weighted by molar-refractivity contribution is 6.05. The summed E-state index contributed by atoms with van der Waals surface area (Å²) in [5, 5.41) is 5.86. The molecule has 0 spiro atoms. The van der Waals surface area contributed by atoms with E-state index < -0.39 is 0 Å². The number of amides is 2. The van der Waals surface area contributed by atoms with Crippen molar-refractivity contribution in [3.05, 3.63) is 84.4 Å². The van der Waals surface area contributed by atoms with Crippen LogP contribution >= 0.6 is 0 Å². The summed E-state index contributed by atoms with van der Waals surface area (Å²) in [6.07, 6.45) is 0. The Kier molecular flexibility index (Phi) is 6.47. The van der Waals surface area contributed by atoms with Gasteiger partial charge in [0, 0.05) is 29.7 Å². The first kappa shape index (κ1) is 19.9. The van der Waals surface area contributed by atoms with Crippen LogP contribution in [0.5, 0.6) is 5.75 Å². The molecule has 0 unspecified atom stereocenters. The lowest BCUT2D eigenvalue weighted by molar-refractivity contribution is -0.114. The molecule has 148 valence electrons. The number of para-hydroxylation sites is 1. The van der Waals surface area contributed by atoms with Gasteiger partial charge in [-0.25, -0.2) is 0 Å². The molecule has 6 nitrogen and oxygen atoms in total. The van der Waals surface area contributed by atoms with Gasteiger partial charge in [0.05, 0.1) is 13.7 Å². The Morgan fingerprint density at radius 2 is 1.48 bits per heavy atom. The molecule has 29 heavy (non-hydrogen) atoms. The molecular weight excluding hydrogens is 366 g/mol. The molecular formula is C23H23N3O3. The minimum absolute atomic E-state index is 0.0972. The molecule has 0 saturated carbocycles. The Hall–Kier alpha value is -3.80. The molecule has 0 aliphatic heterocycles. The molecule has 0 atom stereocenters. The van der Waals surface area contributed by atoms with Crippen LogP contribution in [0.15, 0.2) is 78.9 Å². The predicted molar refractivity (Wildman–Crippen MR) is 116 cm³/mol. The van der Waals surface area contributed by atoms with Crippen LogP contribution in [0.25, 0.3) is 0 Å². The summed E-state index contributed by atoms with van der Waals surface area (Å²) in [5.74, 6) is 0.466. The molecule has 0 radical (unpaired) electrons. The molecule has 2 amide bonds. The Morgan fingerprint density at radius 3 is 2.10 bits per heavy atom. The second-order valence-electron chi connectivity index (χ2n) is 6.41. The van der Waals surface area contributed by atoms with Gasteiger partial charge in [-0.15, -0.1) is 0 Å². The van der Waals surface area contributed by atoms with Crippen LogP contribution in [-0.4, -0.2) is 32.5 Å². The van der Waals surface area contributed by atoms with Crippen molar-refractivity contribution in [2.24, 2.45) is 0 Å². The fraction of sp³-hybridized carbons (Fsp3) is 0.130. The summed E-state index contributed by atoms with van der Waals surface area (Å²) >= 11 is 0. The molecule has 0 heterocycles. The van der Waals surface area contributed by atoms with Crippen LogP contribution in [0.1, 0.15) is 10.4 Å². The third kappa shape index (κ3) is 5.35. The zero-order chi connectivity index (χ0) is 20.6. The maximum absolute atomic E-state index is 12.6. The molecule has 0 fully saturated rings. The van der Waals surface area contributed by atoms with Gasteiger partial charge in [0.25, 0.3) is 5.91 Å². The molecule has 0 aliphatic carbocycles. The topological polar surface area (TPSA) is 70.7 Å². The van der Waals surface area contributed by atoms with Gasteiger partial charge in [-0.3, -0.25) is 9.59 Å². The lowest BCUT2D eigenvalue weighted by atomic mass is 10.1. The maximum Gasteiger partial charge on any atom is 0.258 e. The molecule has 0 bridgehead atoms. The minimum atomic E-state index is -0.167. The van der Waals surface area contributed by atoms with Crippen LogP contribution < -0.4 is 20.3 Å². The van der Waals surface area contributed by atoms with Gasteiger partial charge in [-0.05, 0) is 60.7 Å². The lowest BCUT2D eigenvalue weighted by Crippen LogP contribution is -2.26. The van der Waals surface area contributed by atoms with Gasteiger partial charge in [0.15, 0.2) is 0 Å². The SMILES string of the molecule is COc1ccc(NC(=O)CNc2ccc(C(=O)N(C)c3ccccc3)cc2)cc1. The number of hydrogen-bond donors (Lipinski definition) is 2. The third-order valence-electron chi connectivity index (χ3n) is 4.41. The maximum atomic E-state index is 12.6. The highest BCUT2D eigenvalue weighted by atomic mass is 16.5. The van der Waals surface area contributed by atoms with E-state index in [1.807, 2.05) is 30.3 Å². The van der Waals surface area contributed by atoms with E-state index in [1.54, 1.807) is 67.6 Å². The highest BCUT2D eigenvalue weighted by Crippen LogP contribution is 2.17. The second kappa shape index (κ2) is 9.41. The van der Waals surface area contributed by atoms with Gasteiger partial charge < -0.3 is 20.3 Å². The summed E-state index contributed by atoms with van der Waals surface area (Å²) < 4.78 is 5.09. The van der Waals surface area contributed by atoms with Crippen LogP contribution in [0.2, 0.25) is 0 Å². The van der Waals surface area contributed by atoms with Crippen molar-refractivity contribution in [2.75, 3.05) is 36.2 Å². The summed E-state index contributed by atoms with van der Waals surface area (Å²) in [6.45, 7) is 0.114. The minimum Gasteiger partial charge on any atom is -0.497 e. The van der Waals surface area contributed by atoms with Crippen molar-refractivity contribution < 1.29 is 14.3 Å². The average Bonchev–Trinajstić information content (AvgIpc) is 2.78. The van der Waals surface area contributed by atoms with Crippen molar-refractivity contribution in [3.8, 4) is 5.75 Å². The first-order valence-corrected chi connectivity index (χ1v) is 9.18. The molecule has 3 rings (SSSR count). The number of nitrogens with one attached hydrogen (secondary N) is 2. The normalized spacial score (nSPS) is 10.1. The largest absolute Gasteiger partial charge is 0.497 e. The number of carbonyl (C=O) groups is 2. The molecule has 6 heteroatoms. The third-order valence-corrected chi connectivity index (χ3v) is 4.41. The average molecular weight is 389 g/mol. The van der Waals surface area contributed by atoms with E-state index in [9.17, 15) is 9.59 Å². The first-order chi connectivity index (χ1) is 14.1. The van der Waals surface area contributed by atoms with Gasteiger partial charge in [-0.1, -0.05) is 18.2 Å². The quantitative estimate of drug-likeness (QED) is 0.640. The van der Waals surface area contributed by atoms with Crippen molar-refractivity contribution >= 4 is 28.9 Å². The van der Waals surface area contributed by atoms with E-state index in [1.165, 1.54) is 0 Å². The number of hydrogen-bond acceptors (Lipinski definition) is 4. The van der Waals surface area contributed by atoms with Crippen LogP contribution in [-0.2, 0) is 4.79 Å². The highest BCUT2D eigenvalue weighted by Gasteiger charge is 2.13. The first-order valence-electron chi connectivity index (χ1n) is 9.18. The predicted octanol–water partition coefficient (Wildman–Crippen LogP) is 4.02. The number of rotatable bonds is 7. The van der Waals surface area contributed by atoms with Crippen molar-refractivity contribution in [1.82, 2.24) is 0 Å². The van der Waals surface area contributed by atoms with E-state index in [0.717, 1.165) is 17.1 Å². The number of nitrogens with zero attached hydrogens (tertiary/aromatic N) is 1. The number of methoxy groups -OCH3 is 1. The molecule has 3 aromatic rings. The molecule has 0 aliphatic rings. The Bertz CT molecular complexity index is 955. The summed E-state index contributed by atoms with van der Waals surface area (Å²) in [5.41, 5.74) is 2.86. The number of anilines is 3. The molecule has 3 aromatic carbocycles. The Labute approximate surface area is 170 Å². The van der Waals surface area contributed by atoms with E-state index in [4.69, 9.17) is 4.74 Å². The van der Waals surface area contributed by atoms with Gasteiger partial charge in [0.2, 0.25) is 5.91 Å². The van der Waals surface area contributed by atoms with E-state index in [2.05, 4.69) is 10.6 Å². The Balaban J connectivity index is 1.53. The standard InChI is InChI=1S/C23H23N3O3/c1-26(20-6-4-3-5-7-20)23(28)17-8-10-18(11-9-17)24-16-22(27)25-19-12-14-21(29-2)15-13-19/h3-15,24H,16H2,1-2H3,(H,25,27). The van der Waals surface area contributed by atoms with Crippen LogP contribution in [0.3, 0.4) is 0 Å². The zero-order valence-corrected chi connectivity index (χ0v) is 16.4. The molecule has 2 N–H and O–H groups in total. The van der Waals surface area contributed by atoms with Gasteiger partial charge in [-0.2, -0.15) is 0 Å².